The summed E-state index contributed by atoms with van der Waals surface area (Å²) in [6, 6.07) is 14.8. The Bertz CT molecular complexity index is 808. The van der Waals surface area contributed by atoms with Crippen LogP contribution in [0.4, 0.5) is 0 Å². The van der Waals surface area contributed by atoms with Crippen molar-refractivity contribution in [1.29, 1.82) is 0 Å². The molecule has 1 atom stereocenters. The van der Waals surface area contributed by atoms with Crippen molar-refractivity contribution >= 4 is 27.7 Å². The van der Waals surface area contributed by atoms with Crippen LogP contribution < -0.4 is 10.1 Å². The lowest BCUT2D eigenvalue weighted by atomic mass is 10.1. The smallest absolute Gasteiger partial charge is 0.261 e. The highest BCUT2D eigenvalue weighted by atomic mass is 79.9. The Labute approximate surface area is 181 Å². The number of carbonyl (C=O) groups excluding carboxylic acids is 2. The molecule has 0 unspecified atom stereocenters. The van der Waals surface area contributed by atoms with Crippen LogP contribution in [-0.2, 0) is 16.1 Å². The van der Waals surface area contributed by atoms with E-state index >= 15 is 0 Å². The fraction of sp³-hybridized carbons (Fsp3) is 0.391. The summed E-state index contributed by atoms with van der Waals surface area (Å²) >= 11 is 3.38. The molecular formula is C23H29BrN2O3. The Balaban J connectivity index is 2.17. The zero-order chi connectivity index (χ0) is 21.2. The molecule has 156 valence electrons. The van der Waals surface area contributed by atoms with Gasteiger partial charge < -0.3 is 15.0 Å². The molecule has 0 spiro atoms. The van der Waals surface area contributed by atoms with Crippen LogP contribution >= 0.6 is 15.9 Å². The van der Waals surface area contributed by atoms with Crippen LogP contribution in [0.15, 0.2) is 53.0 Å². The molecule has 0 aromatic heterocycles. The van der Waals surface area contributed by atoms with E-state index in [-0.39, 0.29) is 18.4 Å². The van der Waals surface area contributed by atoms with Crippen LogP contribution in [0.3, 0.4) is 0 Å². The average molecular weight is 461 g/mol. The molecule has 0 heterocycles. The molecule has 2 aromatic carbocycles. The van der Waals surface area contributed by atoms with Crippen molar-refractivity contribution in [3.05, 3.63) is 64.1 Å². The van der Waals surface area contributed by atoms with E-state index in [0.29, 0.717) is 25.3 Å². The van der Waals surface area contributed by atoms with Crippen molar-refractivity contribution in [2.24, 2.45) is 0 Å². The highest BCUT2D eigenvalue weighted by Crippen LogP contribution is 2.18. The van der Waals surface area contributed by atoms with Gasteiger partial charge in [-0.25, -0.2) is 0 Å². The van der Waals surface area contributed by atoms with Gasteiger partial charge in [-0.1, -0.05) is 59.6 Å². The van der Waals surface area contributed by atoms with Crippen molar-refractivity contribution < 1.29 is 14.3 Å². The number of halogens is 1. The molecule has 0 aliphatic carbocycles. The summed E-state index contributed by atoms with van der Waals surface area (Å²) in [5, 5.41) is 2.92. The van der Waals surface area contributed by atoms with Gasteiger partial charge in [0.05, 0.1) is 0 Å². The monoisotopic (exact) mass is 460 g/mol. The maximum Gasteiger partial charge on any atom is 0.261 e. The highest BCUT2D eigenvalue weighted by Gasteiger charge is 2.28. The highest BCUT2D eigenvalue weighted by molar-refractivity contribution is 9.10. The number of benzene rings is 2. The fourth-order valence-corrected chi connectivity index (χ4v) is 3.32. The summed E-state index contributed by atoms with van der Waals surface area (Å²) in [6.07, 6.45) is 1.38. The van der Waals surface area contributed by atoms with Gasteiger partial charge in [-0.2, -0.15) is 0 Å². The number of rotatable bonds is 10. The first-order valence-corrected chi connectivity index (χ1v) is 10.7. The molecule has 2 aromatic rings. The van der Waals surface area contributed by atoms with Crippen LogP contribution in [0.1, 0.15) is 37.8 Å². The number of amides is 2. The third-order valence-corrected chi connectivity index (χ3v) is 5.08. The van der Waals surface area contributed by atoms with Gasteiger partial charge in [-0.05, 0) is 49.6 Å². The molecular weight excluding hydrogens is 432 g/mol. The van der Waals surface area contributed by atoms with E-state index in [1.807, 2.05) is 57.2 Å². The predicted molar refractivity (Wildman–Crippen MR) is 119 cm³/mol. The molecule has 0 fully saturated rings. The number of carbonyl (C=O) groups is 2. The third kappa shape index (κ3) is 7.20. The Kier molecular flexibility index (Phi) is 9.19. The van der Waals surface area contributed by atoms with E-state index in [4.69, 9.17) is 4.74 Å². The minimum atomic E-state index is -0.539. The Morgan fingerprint density at radius 2 is 1.86 bits per heavy atom. The van der Waals surface area contributed by atoms with Crippen molar-refractivity contribution in [3.63, 3.8) is 0 Å². The van der Waals surface area contributed by atoms with Gasteiger partial charge in [-0.15, -0.1) is 0 Å². The lowest BCUT2D eigenvalue weighted by molar-refractivity contribution is -0.143. The fourth-order valence-electron chi connectivity index (χ4n) is 3.05. The maximum atomic E-state index is 13.1. The molecule has 29 heavy (non-hydrogen) atoms. The van der Waals surface area contributed by atoms with Crippen molar-refractivity contribution in [2.75, 3.05) is 13.2 Å². The number of hydrogen-bond acceptors (Lipinski definition) is 3. The van der Waals surface area contributed by atoms with E-state index < -0.39 is 6.04 Å². The molecule has 0 bridgehead atoms. The van der Waals surface area contributed by atoms with Gasteiger partial charge in [0.1, 0.15) is 11.8 Å². The summed E-state index contributed by atoms with van der Waals surface area (Å²) in [5.74, 6) is 0.271. The summed E-state index contributed by atoms with van der Waals surface area (Å²) in [7, 11) is 0. The van der Waals surface area contributed by atoms with E-state index in [9.17, 15) is 9.59 Å². The molecule has 0 radical (unpaired) electrons. The zero-order valence-corrected chi connectivity index (χ0v) is 18.9. The summed E-state index contributed by atoms with van der Waals surface area (Å²) in [4.78, 5) is 27.4. The molecule has 0 aliphatic rings. The molecule has 0 saturated carbocycles. The molecule has 5 nitrogen and oxygen atoms in total. The van der Waals surface area contributed by atoms with E-state index in [1.165, 1.54) is 0 Å². The van der Waals surface area contributed by atoms with Gasteiger partial charge in [-0.3, -0.25) is 9.59 Å². The summed E-state index contributed by atoms with van der Waals surface area (Å²) in [5.41, 5.74) is 2.10. The lowest BCUT2D eigenvalue weighted by Gasteiger charge is -2.30. The van der Waals surface area contributed by atoms with Gasteiger partial charge in [0.2, 0.25) is 5.91 Å². The number of nitrogens with one attached hydrogen (secondary N) is 1. The summed E-state index contributed by atoms with van der Waals surface area (Å²) < 4.78 is 6.62. The van der Waals surface area contributed by atoms with Crippen molar-refractivity contribution in [2.45, 2.75) is 46.2 Å². The number of aryl methyl sites for hydroxylation is 1. The van der Waals surface area contributed by atoms with E-state index in [2.05, 4.69) is 21.2 Å². The first-order valence-electron chi connectivity index (χ1n) is 9.95. The largest absolute Gasteiger partial charge is 0.484 e. The zero-order valence-electron chi connectivity index (χ0n) is 17.3. The molecule has 6 heteroatoms. The van der Waals surface area contributed by atoms with Gasteiger partial charge >= 0.3 is 0 Å². The Morgan fingerprint density at radius 1 is 1.14 bits per heavy atom. The molecule has 2 amide bonds. The molecule has 0 aliphatic heterocycles. The number of hydrogen-bond donors (Lipinski definition) is 1. The standard InChI is InChI=1S/C23H29BrN2O3/c1-4-13-25-23(28)21(5-2)26(15-18-8-6-7-17(3)14-18)22(27)16-29-20-11-9-19(24)10-12-20/h6-12,14,21H,4-5,13,15-16H2,1-3H3,(H,25,28)/t21-/m1/s1. The second kappa shape index (κ2) is 11.6. The average Bonchev–Trinajstić information content (AvgIpc) is 2.71. The number of ether oxygens (including phenoxy) is 1. The molecule has 0 saturated heterocycles. The molecule has 1 N–H and O–H groups in total. The second-order valence-electron chi connectivity index (χ2n) is 6.97. The first kappa shape index (κ1) is 22.9. The van der Waals surface area contributed by atoms with E-state index in [1.54, 1.807) is 17.0 Å². The third-order valence-electron chi connectivity index (χ3n) is 4.55. The van der Waals surface area contributed by atoms with Crippen LogP contribution in [-0.4, -0.2) is 35.9 Å². The molecule has 2 rings (SSSR count). The van der Waals surface area contributed by atoms with E-state index in [0.717, 1.165) is 22.0 Å². The van der Waals surface area contributed by atoms with Crippen molar-refractivity contribution in [1.82, 2.24) is 10.2 Å². The quantitative estimate of drug-likeness (QED) is 0.568. The van der Waals surface area contributed by atoms with Gasteiger partial charge in [0.15, 0.2) is 6.61 Å². The lowest BCUT2D eigenvalue weighted by Crippen LogP contribution is -2.50. The Morgan fingerprint density at radius 3 is 2.48 bits per heavy atom. The van der Waals surface area contributed by atoms with Crippen LogP contribution in [0.25, 0.3) is 0 Å². The summed E-state index contributed by atoms with van der Waals surface area (Å²) in [6.45, 7) is 6.77. The van der Waals surface area contributed by atoms with Crippen LogP contribution in [0, 0.1) is 6.92 Å². The normalized spacial score (nSPS) is 11.6. The minimum absolute atomic E-state index is 0.120. The van der Waals surface area contributed by atoms with Crippen molar-refractivity contribution in [3.8, 4) is 5.75 Å². The Hall–Kier alpha value is -2.34. The number of nitrogens with zero attached hydrogens (tertiary/aromatic N) is 1. The first-order chi connectivity index (χ1) is 13.9. The maximum absolute atomic E-state index is 13.1. The van der Waals surface area contributed by atoms with Crippen LogP contribution in [0.2, 0.25) is 0 Å². The SMILES string of the molecule is CCCNC(=O)[C@@H](CC)N(Cc1cccc(C)c1)C(=O)COc1ccc(Br)cc1. The van der Waals surface area contributed by atoms with Crippen LogP contribution in [0.5, 0.6) is 5.75 Å². The van der Waals surface area contributed by atoms with Gasteiger partial charge in [0, 0.05) is 17.6 Å². The minimum Gasteiger partial charge on any atom is -0.484 e. The predicted octanol–water partition coefficient (Wildman–Crippen LogP) is 4.47. The second-order valence-corrected chi connectivity index (χ2v) is 7.88. The van der Waals surface area contributed by atoms with Gasteiger partial charge in [0.25, 0.3) is 5.91 Å². The topological polar surface area (TPSA) is 58.6 Å².